The highest BCUT2D eigenvalue weighted by molar-refractivity contribution is 7.99. The monoisotopic (exact) mass is 281 g/mol. The quantitative estimate of drug-likeness (QED) is 0.640. The van der Waals surface area contributed by atoms with Crippen molar-refractivity contribution in [3.63, 3.8) is 0 Å². The van der Waals surface area contributed by atoms with Gasteiger partial charge >= 0.3 is 0 Å². The van der Waals surface area contributed by atoms with Crippen molar-refractivity contribution in [1.82, 2.24) is 0 Å². The van der Waals surface area contributed by atoms with E-state index >= 15 is 0 Å². The molecule has 0 amide bonds. The summed E-state index contributed by atoms with van der Waals surface area (Å²) < 4.78 is 0. The van der Waals surface area contributed by atoms with E-state index in [0.29, 0.717) is 11.3 Å². The first kappa shape index (κ1) is 14.0. The standard InChI is InChI=1S/C13H19N3O2S/c1-14-10-5-11(7-12(6-10)16(17)18)15-9-3-4-13(8-9)19-2/h5-7,9,13-15H,3-4,8H2,1-2H3. The van der Waals surface area contributed by atoms with Crippen molar-refractivity contribution < 1.29 is 4.92 Å². The number of nitro groups is 1. The van der Waals surface area contributed by atoms with Crippen LogP contribution in [-0.4, -0.2) is 29.5 Å². The van der Waals surface area contributed by atoms with Crippen molar-refractivity contribution in [2.24, 2.45) is 0 Å². The number of nitrogens with zero attached hydrogens (tertiary/aromatic N) is 1. The number of rotatable bonds is 5. The number of nitro benzene ring substituents is 1. The van der Waals surface area contributed by atoms with Crippen LogP contribution in [0.1, 0.15) is 19.3 Å². The zero-order valence-electron chi connectivity index (χ0n) is 11.2. The van der Waals surface area contributed by atoms with Crippen LogP contribution >= 0.6 is 11.8 Å². The molecule has 2 rings (SSSR count). The summed E-state index contributed by atoms with van der Waals surface area (Å²) >= 11 is 1.90. The minimum Gasteiger partial charge on any atom is -0.388 e. The topological polar surface area (TPSA) is 67.2 Å². The molecular formula is C13H19N3O2S. The van der Waals surface area contributed by atoms with Crippen LogP contribution in [0.2, 0.25) is 0 Å². The van der Waals surface area contributed by atoms with E-state index in [9.17, 15) is 10.1 Å². The van der Waals surface area contributed by atoms with Gasteiger partial charge in [0.1, 0.15) is 0 Å². The summed E-state index contributed by atoms with van der Waals surface area (Å²) in [6.07, 6.45) is 5.61. The number of thioether (sulfide) groups is 1. The first-order valence-corrected chi connectivity index (χ1v) is 7.67. The van der Waals surface area contributed by atoms with Gasteiger partial charge in [-0.2, -0.15) is 11.8 Å². The Hall–Kier alpha value is -1.43. The smallest absolute Gasteiger partial charge is 0.273 e. The van der Waals surface area contributed by atoms with E-state index in [-0.39, 0.29) is 10.6 Å². The van der Waals surface area contributed by atoms with Crippen LogP contribution in [0.15, 0.2) is 18.2 Å². The van der Waals surface area contributed by atoms with Gasteiger partial charge in [-0.1, -0.05) is 0 Å². The molecule has 0 aromatic heterocycles. The second kappa shape index (κ2) is 6.14. The van der Waals surface area contributed by atoms with E-state index in [1.54, 1.807) is 19.2 Å². The molecule has 5 nitrogen and oxygen atoms in total. The third-order valence-electron chi connectivity index (χ3n) is 3.51. The molecule has 2 unspecified atom stereocenters. The fraction of sp³-hybridized carbons (Fsp3) is 0.538. The zero-order valence-corrected chi connectivity index (χ0v) is 12.0. The number of hydrogen-bond donors (Lipinski definition) is 2. The maximum Gasteiger partial charge on any atom is 0.273 e. The number of anilines is 2. The van der Waals surface area contributed by atoms with Crippen molar-refractivity contribution in [3.8, 4) is 0 Å². The van der Waals surface area contributed by atoms with Crippen LogP contribution < -0.4 is 10.6 Å². The van der Waals surface area contributed by atoms with Crippen LogP contribution in [0.25, 0.3) is 0 Å². The molecule has 1 aromatic carbocycles. The second-order valence-corrected chi connectivity index (χ2v) is 5.93. The van der Waals surface area contributed by atoms with Gasteiger partial charge in [0.2, 0.25) is 0 Å². The maximum absolute atomic E-state index is 10.9. The van der Waals surface area contributed by atoms with Gasteiger partial charge in [0.25, 0.3) is 5.69 Å². The predicted octanol–water partition coefficient (Wildman–Crippen LogP) is 3.33. The molecule has 0 spiro atoms. The average molecular weight is 281 g/mol. The van der Waals surface area contributed by atoms with E-state index < -0.39 is 0 Å². The molecule has 0 radical (unpaired) electrons. The van der Waals surface area contributed by atoms with Crippen LogP contribution in [-0.2, 0) is 0 Å². The Morgan fingerprint density at radius 2 is 2.05 bits per heavy atom. The Kier molecular flexibility index (Phi) is 4.52. The summed E-state index contributed by atoms with van der Waals surface area (Å²) in [5.74, 6) is 0. The summed E-state index contributed by atoms with van der Waals surface area (Å²) in [5, 5.41) is 18.0. The molecule has 0 heterocycles. The molecule has 2 N–H and O–H groups in total. The SMILES string of the molecule is CNc1cc(NC2CCC(SC)C2)cc([N+](=O)[O-])c1. The lowest BCUT2D eigenvalue weighted by Gasteiger charge is -2.15. The van der Waals surface area contributed by atoms with Crippen molar-refractivity contribution in [1.29, 1.82) is 0 Å². The molecule has 1 aromatic rings. The number of hydrogen-bond acceptors (Lipinski definition) is 5. The first-order chi connectivity index (χ1) is 9.12. The highest BCUT2D eigenvalue weighted by Gasteiger charge is 2.24. The van der Waals surface area contributed by atoms with E-state index in [0.717, 1.165) is 24.2 Å². The van der Waals surface area contributed by atoms with Crippen molar-refractivity contribution in [2.75, 3.05) is 23.9 Å². The van der Waals surface area contributed by atoms with Crippen molar-refractivity contribution in [3.05, 3.63) is 28.3 Å². The van der Waals surface area contributed by atoms with Gasteiger partial charge in [-0.05, 0) is 31.6 Å². The molecule has 1 aliphatic carbocycles. The van der Waals surface area contributed by atoms with E-state index in [1.165, 1.54) is 6.42 Å². The third kappa shape index (κ3) is 3.53. The predicted molar refractivity (Wildman–Crippen MR) is 81.2 cm³/mol. The minimum absolute atomic E-state index is 0.119. The largest absolute Gasteiger partial charge is 0.388 e. The summed E-state index contributed by atoms with van der Waals surface area (Å²) in [5.41, 5.74) is 1.70. The first-order valence-electron chi connectivity index (χ1n) is 6.39. The van der Waals surface area contributed by atoms with Crippen LogP contribution in [0.3, 0.4) is 0 Å². The third-order valence-corrected chi connectivity index (χ3v) is 4.60. The van der Waals surface area contributed by atoms with Gasteiger partial charge in [0, 0.05) is 41.8 Å². The lowest BCUT2D eigenvalue weighted by molar-refractivity contribution is -0.384. The summed E-state index contributed by atoms with van der Waals surface area (Å²) in [6, 6.07) is 5.49. The van der Waals surface area contributed by atoms with Crippen LogP contribution in [0.4, 0.5) is 17.1 Å². The Labute approximate surface area is 117 Å². The molecule has 2 atom stereocenters. The average Bonchev–Trinajstić information content (AvgIpc) is 2.85. The van der Waals surface area contributed by atoms with Crippen LogP contribution in [0, 0.1) is 10.1 Å². The van der Waals surface area contributed by atoms with Gasteiger partial charge in [-0.3, -0.25) is 10.1 Å². The molecule has 1 saturated carbocycles. The molecule has 0 aliphatic heterocycles. The lowest BCUT2D eigenvalue weighted by Crippen LogP contribution is -2.16. The van der Waals surface area contributed by atoms with Gasteiger partial charge in [-0.15, -0.1) is 0 Å². The molecule has 0 saturated heterocycles. The Morgan fingerprint density at radius 3 is 2.63 bits per heavy atom. The molecule has 19 heavy (non-hydrogen) atoms. The van der Waals surface area contributed by atoms with E-state index in [2.05, 4.69) is 16.9 Å². The van der Waals surface area contributed by atoms with Crippen molar-refractivity contribution in [2.45, 2.75) is 30.6 Å². The fourth-order valence-electron chi connectivity index (χ4n) is 2.47. The molecule has 0 bridgehead atoms. The number of non-ortho nitro benzene ring substituents is 1. The number of benzene rings is 1. The fourth-order valence-corrected chi connectivity index (χ4v) is 3.26. The lowest BCUT2D eigenvalue weighted by atomic mass is 10.2. The molecule has 1 aliphatic rings. The molecular weight excluding hydrogens is 262 g/mol. The zero-order chi connectivity index (χ0) is 13.8. The van der Waals surface area contributed by atoms with Gasteiger partial charge in [0.05, 0.1) is 4.92 Å². The normalized spacial score (nSPS) is 22.2. The molecule has 1 fully saturated rings. The van der Waals surface area contributed by atoms with Gasteiger partial charge < -0.3 is 10.6 Å². The number of nitrogens with one attached hydrogen (secondary N) is 2. The Bertz CT molecular complexity index is 467. The highest BCUT2D eigenvalue weighted by atomic mass is 32.2. The second-order valence-electron chi connectivity index (χ2n) is 4.79. The summed E-state index contributed by atoms with van der Waals surface area (Å²) in [4.78, 5) is 10.5. The van der Waals surface area contributed by atoms with Gasteiger partial charge in [-0.25, -0.2) is 0 Å². The molecule has 104 valence electrons. The van der Waals surface area contributed by atoms with Gasteiger partial charge in [0.15, 0.2) is 0 Å². The van der Waals surface area contributed by atoms with Crippen LogP contribution in [0.5, 0.6) is 0 Å². The minimum atomic E-state index is -0.356. The Balaban J connectivity index is 2.11. The van der Waals surface area contributed by atoms with Crippen molar-refractivity contribution >= 4 is 28.8 Å². The maximum atomic E-state index is 10.9. The summed E-state index contributed by atoms with van der Waals surface area (Å²) in [7, 11) is 1.77. The highest BCUT2D eigenvalue weighted by Crippen LogP contribution is 2.32. The summed E-state index contributed by atoms with van der Waals surface area (Å²) in [6.45, 7) is 0. The Morgan fingerprint density at radius 1 is 1.32 bits per heavy atom. The molecule has 6 heteroatoms. The van der Waals surface area contributed by atoms with E-state index in [4.69, 9.17) is 0 Å². The van der Waals surface area contributed by atoms with E-state index in [1.807, 2.05) is 17.8 Å².